The number of benzene rings is 1. The number of carbonyl (C=O) groups is 2. The Morgan fingerprint density at radius 1 is 1.22 bits per heavy atom. The Balaban J connectivity index is 2.65. The lowest BCUT2D eigenvalue weighted by atomic mass is 9.85. The minimum atomic E-state index is -0.190. The van der Waals surface area contributed by atoms with Gasteiger partial charge in [-0.25, -0.2) is 0 Å². The van der Waals surface area contributed by atoms with Crippen molar-refractivity contribution in [3.8, 4) is 0 Å². The molecule has 3 N–H and O–H groups in total. The van der Waals surface area contributed by atoms with E-state index in [2.05, 4.69) is 10.6 Å². The van der Waals surface area contributed by atoms with E-state index in [1.807, 2.05) is 32.9 Å². The molecule has 0 heterocycles. The Kier molecular flexibility index (Phi) is 6.97. The molecule has 0 bridgehead atoms. The lowest BCUT2D eigenvalue weighted by Gasteiger charge is -2.30. The zero-order chi connectivity index (χ0) is 17.5. The van der Waals surface area contributed by atoms with Crippen LogP contribution < -0.4 is 10.6 Å². The van der Waals surface area contributed by atoms with E-state index in [0.29, 0.717) is 6.42 Å². The monoisotopic (exact) mass is 318 g/mol. The van der Waals surface area contributed by atoms with E-state index >= 15 is 0 Å². The van der Waals surface area contributed by atoms with E-state index in [-0.39, 0.29) is 29.9 Å². The topological polar surface area (TPSA) is 78.4 Å². The summed E-state index contributed by atoms with van der Waals surface area (Å²) in [5.74, 6) is -0.311. The van der Waals surface area contributed by atoms with E-state index in [9.17, 15) is 9.59 Å². The number of aliphatic hydroxyl groups is 1. The highest BCUT2D eigenvalue weighted by Crippen LogP contribution is 2.21. The van der Waals surface area contributed by atoms with Crippen LogP contribution >= 0.6 is 0 Å². The summed E-state index contributed by atoms with van der Waals surface area (Å²) in [4.78, 5) is 23.0. The summed E-state index contributed by atoms with van der Waals surface area (Å²) in [5.41, 5.74) is 1.46. The molecule has 1 atom stereocenters. The molecule has 0 saturated carbocycles. The molecular weight excluding hydrogens is 292 g/mol. The molecule has 126 valence electrons. The zero-order valence-electron chi connectivity index (χ0n) is 14.2. The highest BCUT2D eigenvalue weighted by Gasteiger charge is 2.24. The summed E-state index contributed by atoms with van der Waals surface area (Å²) < 4.78 is 0. The molecule has 1 aromatic rings. The second-order valence-corrected chi connectivity index (χ2v) is 6.58. The van der Waals surface area contributed by atoms with Crippen molar-refractivity contribution in [3.05, 3.63) is 35.9 Å². The molecule has 23 heavy (non-hydrogen) atoms. The number of nitrogens with one attached hydrogen (secondary N) is 2. The van der Waals surface area contributed by atoms with Gasteiger partial charge >= 0.3 is 0 Å². The van der Waals surface area contributed by atoms with Crippen molar-refractivity contribution < 1.29 is 14.7 Å². The number of hydrogen-bond acceptors (Lipinski definition) is 3. The van der Waals surface area contributed by atoms with Gasteiger partial charge in [0.25, 0.3) is 0 Å². The molecule has 0 aromatic heterocycles. The highest BCUT2D eigenvalue weighted by atomic mass is 16.3. The maximum Gasteiger partial charge on any atom is 0.244 e. The Morgan fingerprint density at radius 3 is 2.30 bits per heavy atom. The third-order valence-corrected chi connectivity index (χ3v) is 3.44. The lowest BCUT2D eigenvalue weighted by Crippen LogP contribution is -2.43. The van der Waals surface area contributed by atoms with Crippen molar-refractivity contribution in [1.82, 2.24) is 5.32 Å². The summed E-state index contributed by atoms with van der Waals surface area (Å²) in [6.07, 6.45) is 3.71. The number of amides is 2. The predicted molar refractivity (Wildman–Crippen MR) is 92.9 cm³/mol. The standard InChI is InChI=1S/C18H26N2O3/c1-13(22)19-15-8-5-14(6-9-15)7-10-17(23)20-16(11-12-21)18(2,3)4/h5-10,16,21H,11-12H2,1-4H3,(H,19,22)(H,20,23)/b10-7+. The van der Waals surface area contributed by atoms with Crippen molar-refractivity contribution >= 4 is 23.6 Å². The zero-order valence-corrected chi connectivity index (χ0v) is 14.2. The Morgan fingerprint density at radius 2 is 1.83 bits per heavy atom. The first-order valence-corrected chi connectivity index (χ1v) is 7.69. The van der Waals surface area contributed by atoms with Gasteiger partial charge in [0.1, 0.15) is 0 Å². The summed E-state index contributed by atoms with van der Waals surface area (Å²) in [6.45, 7) is 7.57. The van der Waals surface area contributed by atoms with Crippen molar-refractivity contribution in [3.63, 3.8) is 0 Å². The molecule has 2 amide bonds. The van der Waals surface area contributed by atoms with Gasteiger partial charge < -0.3 is 15.7 Å². The van der Waals surface area contributed by atoms with Crippen LogP contribution in [0.3, 0.4) is 0 Å². The van der Waals surface area contributed by atoms with Crippen LogP contribution in [0.4, 0.5) is 5.69 Å². The average Bonchev–Trinajstić information content (AvgIpc) is 2.44. The minimum Gasteiger partial charge on any atom is -0.396 e. The molecule has 0 saturated heterocycles. The third-order valence-electron chi connectivity index (χ3n) is 3.44. The molecule has 0 fully saturated rings. The first kappa shape index (κ1) is 18.9. The van der Waals surface area contributed by atoms with Crippen LogP contribution in [0.15, 0.2) is 30.3 Å². The summed E-state index contributed by atoms with van der Waals surface area (Å²) in [6, 6.07) is 7.12. The fourth-order valence-corrected chi connectivity index (χ4v) is 2.12. The normalized spacial score (nSPS) is 12.9. The van der Waals surface area contributed by atoms with Crippen LogP contribution in [0.25, 0.3) is 6.08 Å². The number of anilines is 1. The molecule has 1 aromatic carbocycles. The average molecular weight is 318 g/mol. The van der Waals surface area contributed by atoms with Gasteiger partial charge in [-0.05, 0) is 35.6 Å². The van der Waals surface area contributed by atoms with Crippen LogP contribution in [0, 0.1) is 5.41 Å². The Hall–Kier alpha value is -2.14. The number of carbonyl (C=O) groups excluding carboxylic acids is 2. The summed E-state index contributed by atoms with van der Waals surface area (Å²) in [7, 11) is 0. The smallest absolute Gasteiger partial charge is 0.244 e. The first-order valence-electron chi connectivity index (χ1n) is 7.69. The minimum absolute atomic E-state index is 0.0382. The largest absolute Gasteiger partial charge is 0.396 e. The second-order valence-electron chi connectivity index (χ2n) is 6.58. The van der Waals surface area contributed by atoms with Crippen LogP contribution in [-0.2, 0) is 9.59 Å². The van der Waals surface area contributed by atoms with Gasteiger partial charge in [0.05, 0.1) is 0 Å². The maximum atomic E-state index is 12.0. The van der Waals surface area contributed by atoms with Crippen LogP contribution in [0.5, 0.6) is 0 Å². The molecule has 0 radical (unpaired) electrons. The molecule has 0 aliphatic carbocycles. The predicted octanol–water partition coefficient (Wildman–Crippen LogP) is 2.57. The maximum absolute atomic E-state index is 12.0. The van der Waals surface area contributed by atoms with Gasteiger partial charge in [-0.1, -0.05) is 32.9 Å². The van der Waals surface area contributed by atoms with Gasteiger partial charge in [-0.15, -0.1) is 0 Å². The van der Waals surface area contributed by atoms with Crippen molar-refractivity contribution in [2.75, 3.05) is 11.9 Å². The number of rotatable bonds is 6. The van der Waals surface area contributed by atoms with Crippen LogP contribution in [0.2, 0.25) is 0 Å². The van der Waals surface area contributed by atoms with Gasteiger partial charge in [0, 0.05) is 31.3 Å². The Labute approximate surface area is 137 Å². The molecule has 0 aliphatic rings. The molecule has 5 heteroatoms. The summed E-state index contributed by atoms with van der Waals surface area (Å²) in [5, 5.41) is 14.7. The number of aliphatic hydroxyl groups excluding tert-OH is 1. The quantitative estimate of drug-likeness (QED) is 0.705. The molecule has 0 spiro atoms. The van der Waals surface area contributed by atoms with Crippen LogP contribution in [0.1, 0.15) is 39.7 Å². The second kappa shape index (κ2) is 8.48. The third kappa shape index (κ3) is 7.10. The fraction of sp³-hybridized carbons (Fsp3) is 0.444. The van der Waals surface area contributed by atoms with E-state index in [1.54, 1.807) is 18.2 Å². The van der Waals surface area contributed by atoms with Crippen molar-refractivity contribution in [1.29, 1.82) is 0 Å². The lowest BCUT2D eigenvalue weighted by molar-refractivity contribution is -0.118. The van der Waals surface area contributed by atoms with E-state index in [0.717, 1.165) is 11.3 Å². The van der Waals surface area contributed by atoms with Gasteiger partial charge in [0.15, 0.2) is 0 Å². The van der Waals surface area contributed by atoms with Crippen molar-refractivity contribution in [2.45, 2.75) is 40.2 Å². The summed E-state index contributed by atoms with van der Waals surface area (Å²) >= 11 is 0. The van der Waals surface area contributed by atoms with Gasteiger partial charge in [-0.3, -0.25) is 9.59 Å². The van der Waals surface area contributed by atoms with Gasteiger partial charge in [-0.2, -0.15) is 0 Å². The molecule has 5 nitrogen and oxygen atoms in total. The molecular formula is C18H26N2O3. The molecule has 1 rings (SSSR count). The van der Waals surface area contributed by atoms with Gasteiger partial charge in [0.2, 0.25) is 11.8 Å². The van der Waals surface area contributed by atoms with Crippen molar-refractivity contribution in [2.24, 2.45) is 5.41 Å². The van der Waals surface area contributed by atoms with E-state index in [1.165, 1.54) is 13.0 Å². The molecule has 1 unspecified atom stereocenters. The number of hydrogen-bond donors (Lipinski definition) is 3. The Bertz CT molecular complexity index is 557. The van der Waals surface area contributed by atoms with E-state index in [4.69, 9.17) is 5.11 Å². The molecule has 0 aliphatic heterocycles. The highest BCUT2D eigenvalue weighted by molar-refractivity contribution is 5.92. The first-order chi connectivity index (χ1) is 10.7. The fourth-order valence-electron chi connectivity index (χ4n) is 2.12. The SMILES string of the molecule is CC(=O)Nc1ccc(/C=C/C(=O)NC(CCO)C(C)(C)C)cc1. The van der Waals surface area contributed by atoms with Crippen LogP contribution in [-0.4, -0.2) is 29.6 Å². The van der Waals surface area contributed by atoms with E-state index < -0.39 is 0 Å².